The lowest BCUT2D eigenvalue weighted by molar-refractivity contribution is 0.0995. The van der Waals surface area contributed by atoms with E-state index in [9.17, 15) is 14.4 Å². The number of para-hydroxylation sites is 1. The van der Waals surface area contributed by atoms with Gasteiger partial charge in [0.2, 0.25) is 5.91 Å². The van der Waals surface area contributed by atoms with Gasteiger partial charge in [0.1, 0.15) is 0 Å². The molecule has 1 aliphatic rings. The Balaban J connectivity index is 1.61. The van der Waals surface area contributed by atoms with Crippen molar-refractivity contribution in [2.75, 3.05) is 23.3 Å². The third-order valence-electron chi connectivity index (χ3n) is 6.25. The Kier molecular flexibility index (Phi) is 6.01. The SMILES string of the molecule is NC(=O)c1ccc(N2CCCCC2)c(NC(=O)c2nn(-c3ccccc3)c(=O)c3ccccc23)c1. The molecular weight excluding hydrogens is 442 g/mol. The fraction of sp³-hybridized carbons (Fsp3) is 0.185. The van der Waals surface area contributed by atoms with Crippen LogP contribution < -0.4 is 21.5 Å². The second kappa shape index (κ2) is 9.42. The van der Waals surface area contributed by atoms with Gasteiger partial charge in [-0.15, -0.1) is 0 Å². The van der Waals surface area contributed by atoms with Gasteiger partial charge in [0.15, 0.2) is 5.69 Å². The van der Waals surface area contributed by atoms with Crippen molar-refractivity contribution in [3.05, 3.63) is 94.4 Å². The number of rotatable bonds is 5. The lowest BCUT2D eigenvalue weighted by Gasteiger charge is -2.30. The number of fused-ring (bicyclic) bond motifs is 1. The summed E-state index contributed by atoms with van der Waals surface area (Å²) in [5.74, 6) is -1.06. The van der Waals surface area contributed by atoms with E-state index in [-0.39, 0.29) is 11.3 Å². The number of carbonyl (C=O) groups excluding carboxylic acids is 2. The summed E-state index contributed by atoms with van der Waals surface area (Å²) in [6.45, 7) is 1.72. The van der Waals surface area contributed by atoms with Crippen LogP contribution in [0.15, 0.2) is 77.6 Å². The molecule has 3 N–H and O–H groups in total. The molecule has 0 radical (unpaired) electrons. The van der Waals surface area contributed by atoms with Crippen molar-refractivity contribution < 1.29 is 9.59 Å². The molecule has 0 spiro atoms. The summed E-state index contributed by atoms with van der Waals surface area (Å²) in [6.07, 6.45) is 3.27. The zero-order chi connectivity index (χ0) is 24.4. The van der Waals surface area contributed by atoms with Crippen molar-refractivity contribution in [1.29, 1.82) is 0 Å². The molecule has 176 valence electrons. The first-order valence-corrected chi connectivity index (χ1v) is 11.6. The number of anilines is 2. The van der Waals surface area contributed by atoms with Crippen LogP contribution in [-0.4, -0.2) is 34.7 Å². The summed E-state index contributed by atoms with van der Waals surface area (Å²) in [6, 6.07) is 21.0. The molecule has 8 nitrogen and oxygen atoms in total. The van der Waals surface area contributed by atoms with Crippen molar-refractivity contribution in [3.63, 3.8) is 0 Å². The molecule has 4 aromatic rings. The summed E-state index contributed by atoms with van der Waals surface area (Å²) in [5.41, 5.74) is 7.47. The Morgan fingerprint density at radius 1 is 0.857 bits per heavy atom. The maximum atomic E-state index is 13.6. The van der Waals surface area contributed by atoms with Crippen LogP contribution >= 0.6 is 0 Å². The molecule has 1 saturated heterocycles. The van der Waals surface area contributed by atoms with E-state index in [0.29, 0.717) is 27.7 Å². The van der Waals surface area contributed by atoms with E-state index < -0.39 is 11.8 Å². The quantitative estimate of drug-likeness (QED) is 0.465. The number of aromatic nitrogens is 2. The smallest absolute Gasteiger partial charge is 0.279 e. The first-order chi connectivity index (χ1) is 17.0. The zero-order valence-corrected chi connectivity index (χ0v) is 19.1. The molecule has 1 fully saturated rings. The normalized spacial score (nSPS) is 13.5. The van der Waals surface area contributed by atoms with Crippen molar-refractivity contribution in [3.8, 4) is 5.69 Å². The number of benzene rings is 3. The Bertz CT molecular complexity index is 1470. The molecule has 1 aromatic heterocycles. The highest BCUT2D eigenvalue weighted by Gasteiger charge is 2.21. The molecular formula is C27H25N5O3. The fourth-order valence-corrected chi connectivity index (χ4v) is 4.48. The molecule has 0 aliphatic carbocycles. The average Bonchev–Trinajstić information content (AvgIpc) is 2.90. The summed E-state index contributed by atoms with van der Waals surface area (Å²) < 4.78 is 1.24. The molecule has 0 bridgehead atoms. The Morgan fingerprint density at radius 2 is 1.54 bits per heavy atom. The van der Waals surface area contributed by atoms with Crippen molar-refractivity contribution >= 4 is 34.0 Å². The maximum absolute atomic E-state index is 13.6. The van der Waals surface area contributed by atoms with E-state index in [1.807, 2.05) is 12.1 Å². The molecule has 0 saturated carbocycles. The van der Waals surface area contributed by atoms with Crippen LogP contribution in [-0.2, 0) is 0 Å². The first-order valence-electron chi connectivity index (χ1n) is 11.6. The van der Waals surface area contributed by atoms with E-state index in [4.69, 9.17) is 5.73 Å². The Labute approximate surface area is 202 Å². The van der Waals surface area contributed by atoms with E-state index in [0.717, 1.165) is 38.0 Å². The summed E-state index contributed by atoms with van der Waals surface area (Å²) >= 11 is 0. The predicted octanol–water partition coefficient (Wildman–Crippen LogP) is 3.73. The summed E-state index contributed by atoms with van der Waals surface area (Å²) in [5, 5.41) is 8.24. The fourth-order valence-electron chi connectivity index (χ4n) is 4.48. The van der Waals surface area contributed by atoms with Gasteiger partial charge in [0.05, 0.1) is 22.4 Å². The van der Waals surface area contributed by atoms with Crippen LogP contribution in [0.5, 0.6) is 0 Å². The number of hydrogen-bond donors (Lipinski definition) is 2. The van der Waals surface area contributed by atoms with Gasteiger partial charge >= 0.3 is 0 Å². The largest absolute Gasteiger partial charge is 0.370 e. The van der Waals surface area contributed by atoms with Gasteiger partial charge in [-0.3, -0.25) is 14.4 Å². The van der Waals surface area contributed by atoms with E-state index in [1.165, 1.54) is 4.68 Å². The average molecular weight is 468 g/mol. The standard InChI is InChI=1S/C27H25N5O3/c28-25(33)18-13-14-23(31-15-7-2-8-16-31)22(17-18)29-26(34)24-20-11-5-6-12-21(20)27(35)32(30-24)19-9-3-1-4-10-19/h1,3-6,9-14,17H,2,7-8,15-16H2,(H2,28,33)(H,29,34). The molecule has 1 aliphatic heterocycles. The van der Waals surface area contributed by atoms with Gasteiger partial charge in [-0.2, -0.15) is 9.78 Å². The van der Waals surface area contributed by atoms with Crippen LogP contribution in [0.25, 0.3) is 16.5 Å². The second-order valence-corrected chi connectivity index (χ2v) is 8.54. The number of carbonyl (C=O) groups is 2. The van der Waals surface area contributed by atoms with Crippen LogP contribution in [0.1, 0.15) is 40.1 Å². The molecule has 0 unspecified atom stereocenters. The van der Waals surface area contributed by atoms with Gasteiger partial charge in [-0.25, -0.2) is 0 Å². The van der Waals surface area contributed by atoms with Crippen molar-refractivity contribution in [2.45, 2.75) is 19.3 Å². The van der Waals surface area contributed by atoms with E-state index >= 15 is 0 Å². The predicted molar refractivity (Wildman–Crippen MR) is 136 cm³/mol. The minimum Gasteiger partial charge on any atom is -0.370 e. The third-order valence-corrected chi connectivity index (χ3v) is 6.25. The molecule has 2 heterocycles. The van der Waals surface area contributed by atoms with Gasteiger partial charge < -0.3 is 16.0 Å². The molecule has 35 heavy (non-hydrogen) atoms. The molecule has 8 heteroatoms. The van der Waals surface area contributed by atoms with Crippen LogP contribution in [0.3, 0.4) is 0 Å². The van der Waals surface area contributed by atoms with Gasteiger partial charge in [-0.1, -0.05) is 36.4 Å². The van der Waals surface area contributed by atoms with E-state index in [1.54, 1.807) is 60.7 Å². The van der Waals surface area contributed by atoms with Gasteiger partial charge in [0.25, 0.3) is 11.5 Å². The molecule has 2 amide bonds. The van der Waals surface area contributed by atoms with Gasteiger partial charge in [0, 0.05) is 24.0 Å². The summed E-state index contributed by atoms with van der Waals surface area (Å²) in [4.78, 5) is 40.8. The number of primary amides is 1. The summed E-state index contributed by atoms with van der Waals surface area (Å²) in [7, 11) is 0. The number of piperidine rings is 1. The van der Waals surface area contributed by atoms with Gasteiger partial charge in [-0.05, 0) is 55.7 Å². The third kappa shape index (κ3) is 4.38. The maximum Gasteiger partial charge on any atom is 0.279 e. The minimum absolute atomic E-state index is 0.109. The molecule has 0 atom stereocenters. The Hall–Kier alpha value is -4.46. The van der Waals surface area contributed by atoms with Crippen molar-refractivity contribution in [2.24, 2.45) is 5.73 Å². The molecule has 5 rings (SSSR count). The highest BCUT2D eigenvalue weighted by molar-refractivity contribution is 6.12. The highest BCUT2D eigenvalue weighted by atomic mass is 16.2. The number of nitrogens with one attached hydrogen (secondary N) is 1. The first kappa shape index (κ1) is 22.3. The number of hydrogen-bond acceptors (Lipinski definition) is 5. The van der Waals surface area contributed by atoms with Crippen LogP contribution in [0.2, 0.25) is 0 Å². The van der Waals surface area contributed by atoms with E-state index in [2.05, 4.69) is 15.3 Å². The lowest BCUT2D eigenvalue weighted by Crippen LogP contribution is -2.31. The number of amides is 2. The van der Waals surface area contributed by atoms with Crippen LogP contribution in [0.4, 0.5) is 11.4 Å². The highest BCUT2D eigenvalue weighted by Crippen LogP contribution is 2.30. The lowest BCUT2D eigenvalue weighted by atomic mass is 10.1. The second-order valence-electron chi connectivity index (χ2n) is 8.54. The zero-order valence-electron chi connectivity index (χ0n) is 19.1. The molecule has 3 aromatic carbocycles. The number of nitrogens with zero attached hydrogens (tertiary/aromatic N) is 3. The van der Waals surface area contributed by atoms with Crippen LogP contribution in [0, 0.1) is 0 Å². The van der Waals surface area contributed by atoms with Crippen molar-refractivity contribution in [1.82, 2.24) is 9.78 Å². The topological polar surface area (TPSA) is 110 Å². The Morgan fingerprint density at radius 3 is 2.26 bits per heavy atom. The monoisotopic (exact) mass is 467 g/mol. The minimum atomic E-state index is -0.577. The number of nitrogens with two attached hydrogens (primary N) is 1.